The normalized spacial score (nSPS) is 10.6. The summed E-state index contributed by atoms with van der Waals surface area (Å²) in [6.45, 7) is 7.90. The van der Waals surface area contributed by atoms with Crippen molar-refractivity contribution in [3.8, 4) is 11.5 Å². The summed E-state index contributed by atoms with van der Waals surface area (Å²) in [5.74, 6) is 1.53. The molecule has 0 saturated carbocycles. The van der Waals surface area contributed by atoms with Gasteiger partial charge in [-0.2, -0.15) is 0 Å². The van der Waals surface area contributed by atoms with Gasteiger partial charge < -0.3 is 19.5 Å². The van der Waals surface area contributed by atoms with Crippen LogP contribution in [-0.2, 0) is 11.3 Å². The third-order valence-electron chi connectivity index (χ3n) is 2.79. The van der Waals surface area contributed by atoms with Crippen LogP contribution in [-0.4, -0.2) is 33.5 Å². The van der Waals surface area contributed by atoms with Crippen molar-refractivity contribution in [2.45, 2.75) is 26.8 Å². The molecule has 4 nitrogen and oxygen atoms in total. The molecule has 1 rings (SSSR count). The lowest BCUT2D eigenvalue weighted by Crippen LogP contribution is -2.16. The molecule has 0 atom stereocenters. The molecule has 0 amide bonds. The fourth-order valence-corrected chi connectivity index (χ4v) is 2.27. The molecule has 0 fully saturated rings. The van der Waals surface area contributed by atoms with Crippen molar-refractivity contribution < 1.29 is 14.2 Å². The van der Waals surface area contributed by atoms with E-state index in [0.29, 0.717) is 6.61 Å². The highest BCUT2D eigenvalue weighted by atomic mass is 79.9. The zero-order chi connectivity index (χ0) is 14.8. The second-order valence-electron chi connectivity index (χ2n) is 4.25. The molecule has 0 heterocycles. The lowest BCUT2D eigenvalue weighted by atomic mass is 10.2. The first-order chi connectivity index (χ1) is 9.72. The third-order valence-corrected chi connectivity index (χ3v) is 3.53. The summed E-state index contributed by atoms with van der Waals surface area (Å²) in [5, 5.41) is 3.40. The zero-order valence-corrected chi connectivity index (χ0v) is 14.1. The van der Waals surface area contributed by atoms with Crippen LogP contribution in [0.15, 0.2) is 16.6 Å². The van der Waals surface area contributed by atoms with Gasteiger partial charge in [0.1, 0.15) is 0 Å². The maximum absolute atomic E-state index is 5.59. The van der Waals surface area contributed by atoms with E-state index in [1.807, 2.05) is 26.0 Å². The summed E-state index contributed by atoms with van der Waals surface area (Å²) in [7, 11) is 1.65. The summed E-state index contributed by atoms with van der Waals surface area (Å²) in [6, 6.07) is 3.96. The second-order valence-corrected chi connectivity index (χ2v) is 5.11. The molecule has 1 aromatic rings. The third kappa shape index (κ3) is 5.69. The molecule has 1 N–H and O–H groups in total. The number of methoxy groups -OCH3 is 1. The minimum Gasteiger partial charge on any atom is -0.493 e. The summed E-state index contributed by atoms with van der Waals surface area (Å²) in [6.07, 6.45) is 1.01. The summed E-state index contributed by atoms with van der Waals surface area (Å²) >= 11 is 3.57. The van der Waals surface area contributed by atoms with Crippen LogP contribution in [0.3, 0.4) is 0 Å². The highest BCUT2D eigenvalue weighted by molar-refractivity contribution is 9.10. The van der Waals surface area contributed by atoms with Crippen LogP contribution < -0.4 is 14.8 Å². The second kappa shape index (κ2) is 10.0. The largest absolute Gasteiger partial charge is 0.493 e. The predicted molar refractivity (Wildman–Crippen MR) is 84.7 cm³/mol. The van der Waals surface area contributed by atoms with Crippen LogP contribution in [0.5, 0.6) is 11.5 Å². The summed E-state index contributed by atoms with van der Waals surface area (Å²) in [4.78, 5) is 0. The van der Waals surface area contributed by atoms with Crippen LogP contribution in [0.2, 0.25) is 0 Å². The van der Waals surface area contributed by atoms with Crippen molar-refractivity contribution in [2.24, 2.45) is 0 Å². The number of halogens is 1. The molecular formula is C15H24BrNO3. The Bertz CT molecular complexity index is 399. The maximum atomic E-state index is 5.59. The Morgan fingerprint density at radius 2 is 1.95 bits per heavy atom. The van der Waals surface area contributed by atoms with Gasteiger partial charge in [-0.15, -0.1) is 0 Å². The van der Waals surface area contributed by atoms with Gasteiger partial charge in [-0.05, 0) is 44.5 Å². The van der Waals surface area contributed by atoms with Gasteiger partial charge in [-0.1, -0.05) is 15.9 Å². The first-order valence-electron chi connectivity index (χ1n) is 7.00. The average molecular weight is 346 g/mol. The SMILES string of the molecule is CCOCCCNCc1cc(OCC)c(OC)cc1Br. The van der Waals surface area contributed by atoms with Gasteiger partial charge in [0.05, 0.1) is 13.7 Å². The highest BCUT2D eigenvalue weighted by Crippen LogP contribution is 2.33. The van der Waals surface area contributed by atoms with Crippen molar-refractivity contribution in [3.63, 3.8) is 0 Å². The van der Waals surface area contributed by atoms with E-state index >= 15 is 0 Å². The lowest BCUT2D eigenvalue weighted by molar-refractivity contribution is 0.144. The standard InChI is InChI=1S/C15H24BrNO3/c1-4-19-8-6-7-17-11-12-9-15(20-5-2)14(18-3)10-13(12)16/h9-10,17H,4-8,11H2,1-3H3. The van der Waals surface area contributed by atoms with Crippen molar-refractivity contribution in [3.05, 3.63) is 22.2 Å². The number of rotatable bonds is 10. The van der Waals surface area contributed by atoms with E-state index in [0.717, 1.165) is 54.3 Å². The first-order valence-corrected chi connectivity index (χ1v) is 7.79. The molecule has 0 radical (unpaired) electrons. The molecule has 114 valence electrons. The summed E-state index contributed by atoms with van der Waals surface area (Å²) in [5.41, 5.74) is 1.16. The topological polar surface area (TPSA) is 39.7 Å². The number of hydrogen-bond acceptors (Lipinski definition) is 4. The molecule has 0 saturated heterocycles. The first kappa shape index (κ1) is 17.3. The summed E-state index contributed by atoms with van der Waals surface area (Å²) < 4.78 is 17.2. The van der Waals surface area contributed by atoms with Gasteiger partial charge in [0.25, 0.3) is 0 Å². The Labute approximate surface area is 129 Å². The van der Waals surface area contributed by atoms with E-state index in [4.69, 9.17) is 14.2 Å². The number of nitrogens with one attached hydrogen (secondary N) is 1. The number of benzene rings is 1. The highest BCUT2D eigenvalue weighted by Gasteiger charge is 2.09. The van der Waals surface area contributed by atoms with Gasteiger partial charge in [-0.3, -0.25) is 0 Å². The Hall–Kier alpha value is -0.780. The molecule has 20 heavy (non-hydrogen) atoms. The molecule has 0 bridgehead atoms. The molecule has 1 aromatic carbocycles. The van der Waals surface area contributed by atoms with Crippen LogP contribution >= 0.6 is 15.9 Å². The minimum absolute atomic E-state index is 0.624. The van der Waals surface area contributed by atoms with E-state index in [9.17, 15) is 0 Å². The van der Waals surface area contributed by atoms with E-state index in [2.05, 4.69) is 21.2 Å². The van der Waals surface area contributed by atoms with Crippen molar-refractivity contribution in [2.75, 3.05) is 33.5 Å². The predicted octanol–water partition coefficient (Wildman–Crippen LogP) is 3.37. The molecule has 0 aliphatic carbocycles. The minimum atomic E-state index is 0.624. The number of ether oxygens (including phenoxy) is 3. The lowest BCUT2D eigenvalue weighted by Gasteiger charge is -2.13. The van der Waals surface area contributed by atoms with Crippen LogP contribution in [0.25, 0.3) is 0 Å². The average Bonchev–Trinajstić information content (AvgIpc) is 2.45. The fraction of sp³-hybridized carbons (Fsp3) is 0.600. The van der Waals surface area contributed by atoms with Gasteiger partial charge in [0.15, 0.2) is 11.5 Å². The Morgan fingerprint density at radius 3 is 2.60 bits per heavy atom. The van der Waals surface area contributed by atoms with Gasteiger partial charge >= 0.3 is 0 Å². The monoisotopic (exact) mass is 345 g/mol. The Balaban J connectivity index is 2.54. The van der Waals surface area contributed by atoms with Gasteiger partial charge in [-0.25, -0.2) is 0 Å². The van der Waals surface area contributed by atoms with Crippen molar-refractivity contribution >= 4 is 15.9 Å². The smallest absolute Gasteiger partial charge is 0.161 e. The zero-order valence-electron chi connectivity index (χ0n) is 12.5. The number of hydrogen-bond donors (Lipinski definition) is 1. The van der Waals surface area contributed by atoms with E-state index < -0.39 is 0 Å². The molecule has 0 aromatic heterocycles. The molecule has 0 spiro atoms. The Kier molecular flexibility index (Phi) is 8.65. The fourth-order valence-electron chi connectivity index (χ4n) is 1.81. The Morgan fingerprint density at radius 1 is 1.15 bits per heavy atom. The molecular weight excluding hydrogens is 322 g/mol. The van der Waals surface area contributed by atoms with E-state index in [-0.39, 0.29) is 0 Å². The van der Waals surface area contributed by atoms with E-state index in [1.54, 1.807) is 7.11 Å². The van der Waals surface area contributed by atoms with Gasteiger partial charge in [0, 0.05) is 24.2 Å². The van der Waals surface area contributed by atoms with Crippen LogP contribution in [0.4, 0.5) is 0 Å². The molecule has 0 aliphatic rings. The molecule has 5 heteroatoms. The maximum Gasteiger partial charge on any atom is 0.161 e. The van der Waals surface area contributed by atoms with Gasteiger partial charge in [0.2, 0.25) is 0 Å². The van der Waals surface area contributed by atoms with E-state index in [1.165, 1.54) is 0 Å². The van der Waals surface area contributed by atoms with Crippen molar-refractivity contribution in [1.82, 2.24) is 5.32 Å². The molecule has 0 aliphatic heterocycles. The quantitative estimate of drug-likeness (QED) is 0.660. The van der Waals surface area contributed by atoms with Crippen LogP contribution in [0.1, 0.15) is 25.8 Å². The van der Waals surface area contributed by atoms with Crippen molar-refractivity contribution in [1.29, 1.82) is 0 Å². The molecule has 0 unspecified atom stereocenters. The van der Waals surface area contributed by atoms with Crippen LogP contribution in [0, 0.1) is 0 Å².